The number of benzene rings is 3. The van der Waals surface area contributed by atoms with E-state index in [2.05, 4.69) is 25.0 Å². The van der Waals surface area contributed by atoms with Crippen molar-refractivity contribution < 1.29 is 32.6 Å². The molecule has 0 spiro atoms. The zero-order chi connectivity index (χ0) is 33.2. The Hall–Kier alpha value is -3.73. The quantitative estimate of drug-likeness (QED) is 0.126. The maximum atomic E-state index is 14.2. The molecular weight excluding hydrogens is 648 g/mol. The van der Waals surface area contributed by atoms with Crippen LogP contribution in [0.1, 0.15) is 37.0 Å². The number of amides is 1. The second-order valence-electron chi connectivity index (χ2n) is 12.7. The summed E-state index contributed by atoms with van der Waals surface area (Å²) >= 11 is 7.60. The van der Waals surface area contributed by atoms with Crippen LogP contribution < -0.4 is 10.1 Å². The fraction of sp³-hybridized carbons (Fsp3) is 0.314. The largest absolute Gasteiger partial charge is 0.496 e. The van der Waals surface area contributed by atoms with Crippen LogP contribution >= 0.6 is 22.9 Å². The Morgan fingerprint density at radius 3 is 2.35 bits per heavy atom. The van der Waals surface area contributed by atoms with Crippen LogP contribution in [0.25, 0.3) is 21.6 Å². The van der Waals surface area contributed by atoms with Gasteiger partial charge in [0.2, 0.25) is 0 Å². The van der Waals surface area contributed by atoms with Crippen molar-refractivity contribution in [2.24, 2.45) is 0 Å². The Labute approximate surface area is 277 Å². The summed E-state index contributed by atoms with van der Waals surface area (Å²) in [4.78, 5) is 26.4. The van der Waals surface area contributed by atoms with E-state index in [4.69, 9.17) is 25.8 Å². The second-order valence-corrected chi connectivity index (χ2v) is 20.0. The third-order valence-corrected chi connectivity index (χ3v) is 11.1. The predicted octanol–water partition coefficient (Wildman–Crippen LogP) is 10.2. The third kappa shape index (κ3) is 7.62. The zero-order valence-corrected chi connectivity index (χ0v) is 28.9. The lowest BCUT2D eigenvalue weighted by Crippen LogP contribution is -2.27. The van der Waals surface area contributed by atoms with Crippen molar-refractivity contribution >= 4 is 48.8 Å². The molecule has 1 aromatic heterocycles. The third-order valence-electron chi connectivity index (χ3n) is 8.06. The van der Waals surface area contributed by atoms with Crippen molar-refractivity contribution in [3.05, 3.63) is 93.8 Å². The normalized spacial score (nSPS) is 14.3. The van der Waals surface area contributed by atoms with Crippen molar-refractivity contribution in [1.29, 1.82) is 0 Å². The van der Waals surface area contributed by atoms with Gasteiger partial charge in [0.15, 0.2) is 0 Å². The predicted molar refractivity (Wildman–Crippen MR) is 182 cm³/mol. The van der Waals surface area contributed by atoms with Crippen molar-refractivity contribution in [2.45, 2.75) is 57.0 Å². The fourth-order valence-corrected chi connectivity index (χ4v) is 7.11. The van der Waals surface area contributed by atoms with Crippen LogP contribution in [0.2, 0.25) is 30.0 Å². The number of rotatable bonds is 11. The van der Waals surface area contributed by atoms with E-state index in [1.807, 2.05) is 42.5 Å². The summed E-state index contributed by atoms with van der Waals surface area (Å²) in [6, 6.07) is 19.1. The molecule has 1 atom stereocenters. The molecule has 0 saturated heterocycles. The molecule has 4 aromatic rings. The maximum Gasteiger partial charge on any atom is 0.412 e. The van der Waals surface area contributed by atoms with Crippen molar-refractivity contribution in [2.75, 3.05) is 19.0 Å². The minimum atomic E-state index is -1.29. The molecule has 1 fully saturated rings. The van der Waals surface area contributed by atoms with Gasteiger partial charge < -0.3 is 14.2 Å². The molecule has 3 aromatic carbocycles. The lowest BCUT2D eigenvalue weighted by Gasteiger charge is -2.19. The molecule has 242 valence electrons. The Bertz CT molecular complexity index is 1750. The van der Waals surface area contributed by atoms with E-state index in [0.717, 1.165) is 59.3 Å². The van der Waals surface area contributed by atoms with Crippen LogP contribution in [0.5, 0.6) is 5.75 Å². The molecule has 1 saturated carbocycles. The fourth-order valence-electron chi connectivity index (χ4n) is 5.22. The molecule has 0 aliphatic heterocycles. The number of methoxy groups -OCH3 is 1. The summed E-state index contributed by atoms with van der Waals surface area (Å²) in [5.41, 5.74) is 3.23. The van der Waals surface area contributed by atoms with E-state index in [1.54, 1.807) is 13.2 Å². The van der Waals surface area contributed by atoms with Gasteiger partial charge >= 0.3 is 12.1 Å². The lowest BCUT2D eigenvalue weighted by atomic mass is 9.93. The minimum absolute atomic E-state index is 0.0724. The number of anilines is 1. The Morgan fingerprint density at radius 1 is 1.00 bits per heavy atom. The maximum absolute atomic E-state index is 14.2. The highest BCUT2D eigenvalue weighted by molar-refractivity contribution is 7.20. The molecule has 6 nitrogen and oxygen atoms in total. The SMILES string of the molecule is COc1cc(-c2sc(Cl)cc2NC(=O)OC(C)c2cc(F)ccc2F)ccc1-c1ccc(C2(C(=O)OCC[Si](C)(C)C)CC2)cc1. The first-order valence-electron chi connectivity index (χ1n) is 15.0. The highest BCUT2D eigenvalue weighted by atomic mass is 35.5. The first-order chi connectivity index (χ1) is 21.8. The van der Waals surface area contributed by atoms with E-state index in [1.165, 1.54) is 18.3 Å². The van der Waals surface area contributed by atoms with Crippen LogP contribution in [0, 0.1) is 11.6 Å². The number of nitrogens with one attached hydrogen (secondary N) is 1. The number of esters is 1. The van der Waals surface area contributed by atoms with Gasteiger partial charge in [0.1, 0.15) is 23.5 Å². The molecular formula is C35H36ClF2NO5SSi. The molecule has 46 heavy (non-hydrogen) atoms. The Balaban J connectivity index is 1.31. The number of carbonyl (C=O) groups is 2. The Kier molecular flexibility index (Phi) is 9.91. The van der Waals surface area contributed by atoms with E-state index >= 15 is 0 Å². The average Bonchev–Trinajstić information content (AvgIpc) is 3.74. The number of halogens is 3. The molecule has 1 aliphatic rings. The smallest absolute Gasteiger partial charge is 0.412 e. The van der Waals surface area contributed by atoms with Crippen LogP contribution in [-0.4, -0.2) is 33.9 Å². The number of hydrogen-bond donors (Lipinski definition) is 1. The average molecular weight is 684 g/mol. The number of carbonyl (C=O) groups excluding carboxylic acids is 2. The first-order valence-corrected chi connectivity index (χ1v) is 19.9. The van der Waals surface area contributed by atoms with Crippen LogP contribution in [0.4, 0.5) is 19.3 Å². The minimum Gasteiger partial charge on any atom is -0.496 e. The lowest BCUT2D eigenvalue weighted by molar-refractivity contribution is -0.146. The van der Waals surface area contributed by atoms with Gasteiger partial charge in [-0.3, -0.25) is 10.1 Å². The van der Waals surface area contributed by atoms with E-state index in [0.29, 0.717) is 27.3 Å². The van der Waals surface area contributed by atoms with E-state index in [-0.39, 0.29) is 11.5 Å². The van der Waals surface area contributed by atoms with Gasteiger partial charge in [0.05, 0.1) is 34.0 Å². The van der Waals surface area contributed by atoms with Crippen molar-refractivity contribution in [3.8, 4) is 27.3 Å². The van der Waals surface area contributed by atoms with Crippen molar-refractivity contribution in [1.82, 2.24) is 0 Å². The molecule has 0 bridgehead atoms. The van der Waals surface area contributed by atoms with E-state index < -0.39 is 37.3 Å². The zero-order valence-electron chi connectivity index (χ0n) is 26.3. The van der Waals surface area contributed by atoms with Gasteiger partial charge in [-0.05, 0) is 72.8 Å². The molecule has 0 radical (unpaired) electrons. The highest BCUT2D eigenvalue weighted by Gasteiger charge is 2.52. The summed E-state index contributed by atoms with van der Waals surface area (Å²) in [7, 11) is 0.287. The summed E-state index contributed by atoms with van der Waals surface area (Å²) in [6.07, 6.45) is -0.313. The summed E-state index contributed by atoms with van der Waals surface area (Å²) in [5.74, 6) is -0.846. The van der Waals surface area contributed by atoms with Gasteiger partial charge in [-0.2, -0.15) is 0 Å². The summed E-state index contributed by atoms with van der Waals surface area (Å²) in [5, 5.41) is 2.68. The standard InChI is InChI=1S/C35H36ClF2NO5SSi/c1-21(27-19-25(37)11-13-28(27)38)44-34(41)39-29-20-31(36)45-32(29)23-8-12-26(30(18-23)42-2)22-6-9-24(10-7-22)35(14-15-35)33(40)43-16-17-46(3,4)5/h6-13,18-21H,14-17H2,1-5H3,(H,39,41). The first kappa shape index (κ1) is 33.6. The van der Waals surface area contributed by atoms with Crippen LogP contribution in [0.3, 0.4) is 0 Å². The highest BCUT2D eigenvalue weighted by Crippen LogP contribution is 2.50. The second kappa shape index (κ2) is 13.6. The molecule has 11 heteroatoms. The molecule has 1 aliphatic carbocycles. The molecule has 1 N–H and O–H groups in total. The van der Waals surface area contributed by atoms with E-state index in [9.17, 15) is 18.4 Å². The molecule has 1 heterocycles. The van der Waals surface area contributed by atoms with Crippen molar-refractivity contribution in [3.63, 3.8) is 0 Å². The van der Waals surface area contributed by atoms with Gasteiger partial charge in [-0.1, -0.05) is 67.6 Å². The number of hydrogen-bond acceptors (Lipinski definition) is 6. The molecule has 1 unspecified atom stereocenters. The van der Waals surface area contributed by atoms with Crippen LogP contribution in [-0.2, 0) is 19.7 Å². The topological polar surface area (TPSA) is 73.9 Å². The Morgan fingerprint density at radius 2 is 1.70 bits per heavy atom. The van der Waals surface area contributed by atoms with Gasteiger partial charge in [-0.15, -0.1) is 11.3 Å². The molecule has 1 amide bonds. The summed E-state index contributed by atoms with van der Waals surface area (Å²) in [6.45, 7) is 8.72. The monoisotopic (exact) mass is 683 g/mol. The number of ether oxygens (including phenoxy) is 3. The van der Waals surface area contributed by atoms with Crippen LogP contribution in [0.15, 0.2) is 66.7 Å². The van der Waals surface area contributed by atoms with Gasteiger partial charge in [0, 0.05) is 19.2 Å². The molecule has 5 rings (SSSR count). The van der Waals surface area contributed by atoms with Gasteiger partial charge in [-0.25, -0.2) is 13.6 Å². The van der Waals surface area contributed by atoms with Gasteiger partial charge in [0.25, 0.3) is 0 Å². The number of thiophene rings is 1. The summed E-state index contributed by atoms with van der Waals surface area (Å²) < 4.78 is 45.0.